The number of benzene rings is 1. The maximum absolute atomic E-state index is 12.2. The number of hydrogen-bond donors (Lipinski definition) is 2. The SMILES string of the molecule is C[C@@H]1Cc2cc(C(=O)NNC(=O)c3ccco3)ccc2N1S(C)(=O)=O. The predicted molar refractivity (Wildman–Crippen MR) is 90.6 cm³/mol. The Kier molecular flexibility index (Phi) is 4.25. The Labute approximate surface area is 144 Å². The van der Waals surface area contributed by atoms with Gasteiger partial charge in [0.05, 0.1) is 18.2 Å². The van der Waals surface area contributed by atoms with Gasteiger partial charge in [0.1, 0.15) is 0 Å². The zero-order valence-electron chi connectivity index (χ0n) is 13.6. The molecule has 0 unspecified atom stereocenters. The van der Waals surface area contributed by atoms with E-state index in [1.165, 1.54) is 22.7 Å². The van der Waals surface area contributed by atoms with E-state index in [4.69, 9.17) is 4.42 Å². The Hall–Kier alpha value is -2.81. The van der Waals surface area contributed by atoms with E-state index in [2.05, 4.69) is 10.9 Å². The number of carbonyl (C=O) groups excluding carboxylic acids is 2. The van der Waals surface area contributed by atoms with E-state index in [-0.39, 0.29) is 11.8 Å². The number of hydrazine groups is 1. The van der Waals surface area contributed by atoms with Crippen LogP contribution in [0.25, 0.3) is 0 Å². The van der Waals surface area contributed by atoms with Gasteiger partial charge in [-0.2, -0.15) is 0 Å². The second-order valence-electron chi connectivity index (χ2n) is 5.84. The standard InChI is InChI=1S/C16H17N3O5S/c1-10-8-12-9-11(5-6-13(12)19(10)25(2,22)23)15(20)17-18-16(21)14-4-3-7-24-14/h3-7,9-10H,8H2,1-2H3,(H,17,20)(H,18,21)/t10-/m1/s1. The normalized spacial score (nSPS) is 16.4. The molecular formula is C16H17N3O5S. The molecule has 2 heterocycles. The maximum Gasteiger partial charge on any atom is 0.305 e. The fourth-order valence-corrected chi connectivity index (χ4v) is 4.17. The first-order valence-corrected chi connectivity index (χ1v) is 9.38. The third-order valence-electron chi connectivity index (χ3n) is 3.89. The largest absolute Gasteiger partial charge is 0.459 e. The first-order valence-electron chi connectivity index (χ1n) is 7.54. The molecule has 2 aromatic rings. The van der Waals surface area contributed by atoms with E-state index in [9.17, 15) is 18.0 Å². The lowest BCUT2D eigenvalue weighted by molar-refractivity contribution is 0.0831. The summed E-state index contributed by atoms with van der Waals surface area (Å²) in [5.41, 5.74) is 6.22. The Morgan fingerprint density at radius 3 is 2.56 bits per heavy atom. The smallest absolute Gasteiger partial charge is 0.305 e. The molecule has 2 amide bonds. The lowest BCUT2D eigenvalue weighted by atomic mass is 10.1. The number of carbonyl (C=O) groups is 2. The fraction of sp³-hybridized carbons (Fsp3) is 0.250. The third kappa shape index (κ3) is 3.36. The van der Waals surface area contributed by atoms with Crippen molar-refractivity contribution in [3.8, 4) is 0 Å². The summed E-state index contributed by atoms with van der Waals surface area (Å²) in [5.74, 6) is -1.00. The van der Waals surface area contributed by atoms with E-state index in [1.807, 2.05) is 6.92 Å². The average Bonchev–Trinajstić information content (AvgIpc) is 3.17. The monoisotopic (exact) mass is 363 g/mol. The minimum Gasteiger partial charge on any atom is -0.459 e. The molecule has 1 aliphatic rings. The lowest BCUT2D eigenvalue weighted by Gasteiger charge is -2.21. The van der Waals surface area contributed by atoms with Gasteiger partial charge in [-0.1, -0.05) is 0 Å². The second-order valence-corrected chi connectivity index (χ2v) is 7.70. The highest BCUT2D eigenvalue weighted by atomic mass is 32.2. The van der Waals surface area contributed by atoms with Gasteiger partial charge >= 0.3 is 5.91 Å². The van der Waals surface area contributed by atoms with Crippen LogP contribution in [0.2, 0.25) is 0 Å². The van der Waals surface area contributed by atoms with E-state index in [0.29, 0.717) is 17.7 Å². The molecule has 0 fully saturated rings. The molecule has 0 saturated heterocycles. The molecule has 0 spiro atoms. The van der Waals surface area contributed by atoms with Gasteiger partial charge in [-0.3, -0.25) is 24.7 Å². The highest BCUT2D eigenvalue weighted by Crippen LogP contribution is 2.34. The Morgan fingerprint density at radius 2 is 1.92 bits per heavy atom. The van der Waals surface area contributed by atoms with Gasteiger partial charge in [0.25, 0.3) is 5.91 Å². The minimum atomic E-state index is -3.38. The van der Waals surface area contributed by atoms with Crippen molar-refractivity contribution in [2.45, 2.75) is 19.4 Å². The highest BCUT2D eigenvalue weighted by molar-refractivity contribution is 7.92. The first-order chi connectivity index (χ1) is 11.8. The number of anilines is 1. The number of rotatable bonds is 3. The molecule has 1 atom stereocenters. The van der Waals surface area contributed by atoms with Gasteiger partial charge in [-0.15, -0.1) is 0 Å². The molecule has 132 valence electrons. The Bertz CT molecular complexity index is 921. The predicted octanol–water partition coefficient (Wildman–Crippen LogP) is 1.06. The molecule has 2 N–H and O–H groups in total. The van der Waals surface area contributed by atoms with Gasteiger partial charge < -0.3 is 4.42 Å². The zero-order chi connectivity index (χ0) is 18.2. The van der Waals surface area contributed by atoms with Crippen molar-refractivity contribution >= 4 is 27.5 Å². The van der Waals surface area contributed by atoms with E-state index < -0.39 is 21.8 Å². The summed E-state index contributed by atoms with van der Waals surface area (Å²) in [5, 5.41) is 0. The number of nitrogens with zero attached hydrogens (tertiary/aromatic N) is 1. The molecule has 0 saturated carbocycles. The van der Waals surface area contributed by atoms with Crippen molar-refractivity contribution in [2.24, 2.45) is 0 Å². The van der Waals surface area contributed by atoms with Gasteiger partial charge in [0, 0.05) is 11.6 Å². The van der Waals surface area contributed by atoms with Crippen LogP contribution in [-0.4, -0.2) is 32.5 Å². The summed E-state index contributed by atoms with van der Waals surface area (Å²) in [6.07, 6.45) is 3.03. The van der Waals surface area contributed by atoms with Crippen LogP contribution >= 0.6 is 0 Å². The fourth-order valence-electron chi connectivity index (χ4n) is 2.90. The van der Waals surface area contributed by atoms with Crippen LogP contribution < -0.4 is 15.2 Å². The molecule has 3 rings (SSSR count). The van der Waals surface area contributed by atoms with Gasteiger partial charge in [0.15, 0.2) is 5.76 Å². The number of hydrogen-bond acceptors (Lipinski definition) is 5. The number of amides is 2. The van der Waals surface area contributed by atoms with E-state index >= 15 is 0 Å². The topological polar surface area (TPSA) is 109 Å². The summed E-state index contributed by atoms with van der Waals surface area (Å²) < 4.78 is 30.1. The number of sulfonamides is 1. The summed E-state index contributed by atoms with van der Waals surface area (Å²) in [6.45, 7) is 1.81. The van der Waals surface area contributed by atoms with Crippen LogP contribution in [0.3, 0.4) is 0 Å². The molecule has 0 radical (unpaired) electrons. The van der Waals surface area contributed by atoms with Crippen LogP contribution in [-0.2, 0) is 16.4 Å². The molecule has 0 bridgehead atoms. The Morgan fingerprint density at radius 1 is 1.20 bits per heavy atom. The molecule has 1 aromatic carbocycles. The molecule has 1 aromatic heterocycles. The highest BCUT2D eigenvalue weighted by Gasteiger charge is 2.32. The van der Waals surface area contributed by atoms with Crippen molar-refractivity contribution in [3.05, 3.63) is 53.5 Å². The third-order valence-corrected chi connectivity index (χ3v) is 5.16. The van der Waals surface area contributed by atoms with E-state index in [1.54, 1.807) is 18.2 Å². The summed E-state index contributed by atoms with van der Waals surface area (Å²) >= 11 is 0. The molecule has 9 heteroatoms. The zero-order valence-corrected chi connectivity index (χ0v) is 14.5. The van der Waals surface area contributed by atoms with Crippen LogP contribution in [0.15, 0.2) is 41.0 Å². The summed E-state index contributed by atoms with van der Waals surface area (Å²) in [4.78, 5) is 23.9. The van der Waals surface area contributed by atoms with Crippen molar-refractivity contribution < 1.29 is 22.4 Å². The Balaban J connectivity index is 1.73. The molecule has 8 nitrogen and oxygen atoms in total. The van der Waals surface area contributed by atoms with Crippen LogP contribution in [0.1, 0.15) is 33.4 Å². The second kappa shape index (κ2) is 6.25. The van der Waals surface area contributed by atoms with Gasteiger partial charge in [-0.25, -0.2) is 8.42 Å². The van der Waals surface area contributed by atoms with Crippen LogP contribution in [0, 0.1) is 0 Å². The van der Waals surface area contributed by atoms with Crippen molar-refractivity contribution in [2.75, 3.05) is 10.6 Å². The van der Waals surface area contributed by atoms with Crippen LogP contribution in [0.4, 0.5) is 5.69 Å². The number of nitrogens with one attached hydrogen (secondary N) is 2. The summed E-state index contributed by atoms with van der Waals surface area (Å²) in [7, 11) is -3.38. The van der Waals surface area contributed by atoms with Crippen molar-refractivity contribution in [3.63, 3.8) is 0 Å². The van der Waals surface area contributed by atoms with Crippen molar-refractivity contribution in [1.82, 2.24) is 10.9 Å². The van der Waals surface area contributed by atoms with Gasteiger partial charge in [-0.05, 0) is 49.2 Å². The molecule has 0 aliphatic carbocycles. The van der Waals surface area contributed by atoms with E-state index in [0.717, 1.165) is 11.8 Å². The van der Waals surface area contributed by atoms with Gasteiger partial charge in [0.2, 0.25) is 10.0 Å². The number of furan rings is 1. The van der Waals surface area contributed by atoms with Crippen molar-refractivity contribution in [1.29, 1.82) is 0 Å². The molecular weight excluding hydrogens is 346 g/mol. The maximum atomic E-state index is 12.2. The molecule has 25 heavy (non-hydrogen) atoms. The average molecular weight is 363 g/mol. The summed E-state index contributed by atoms with van der Waals surface area (Å²) in [6, 6.07) is 7.57. The lowest BCUT2D eigenvalue weighted by Crippen LogP contribution is -2.41. The number of fused-ring (bicyclic) bond motifs is 1. The quantitative estimate of drug-likeness (QED) is 0.793. The minimum absolute atomic E-state index is 0.0758. The first kappa shape index (κ1) is 17.0. The molecule has 1 aliphatic heterocycles. The van der Waals surface area contributed by atoms with Crippen LogP contribution in [0.5, 0.6) is 0 Å².